The first-order valence-electron chi connectivity index (χ1n) is 7.97. The second-order valence-corrected chi connectivity index (χ2v) is 5.70. The minimum Gasteiger partial charge on any atom is -0.461 e. The number of nitrogens with one attached hydrogen (secondary N) is 2. The van der Waals surface area contributed by atoms with E-state index in [1.807, 2.05) is 18.2 Å². The molecule has 1 aromatic carbocycles. The molecule has 7 nitrogen and oxygen atoms in total. The number of H-pyrrole nitrogens is 1. The smallest absolute Gasteiger partial charge is 0.407 e. The number of esters is 1. The van der Waals surface area contributed by atoms with Crippen molar-refractivity contribution in [2.75, 3.05) is 19.8 Å². The van der Waals surface area contributed by atoms with Crippen LogP contribution in [0.15, 0.2) is 18.2 Å². The molecule has 1 amide bonds. The first kappa shape index (κ1) is 16.3. The maximum atomic E-state index is 12.1. The number of hydrogen-bond acceptors (Lipinski definition) is 5. The maximum Gasteiger partial charge on any atom is 0.407 e. The van der Waals surface area contributed by atoms with Crippen LogP contribution in [0.3, 0.4) is 0 Å². The van der Waals surface area contributed by atoms with Crippen molar-refractivity contribution in [3.05, 3.63) is 35.0 Å². The highest BCUT2D eigenvalue weighted by atomic mass is 16.6. The molecule has 3 N–H and O–H groups in total. The summed E-state index contributed by atoms with van der Waals surface area (Å²) < 4.78 is 9.98. The van der Waals surface area contributed by atoms with Gasteiger partial charge in [0.1, 0.15) is 12.3 Å². The molecule has 0 saturated carbocycles. The van der Waals surface area contributed by atoms with Crippen LogP contribution in [0.5, 0.6) is 0 Å². The first-order chi connectivity index (χ1) is 11.6. The van der Waals surface area contributed by atoms with Gasteiger partial charge in [-0.25, -0.2) is 9.59 Å². The minimum absolute atomic E-state index is 0.0558. The Balaban J connectivity index is 1.93. The Bertz CT molecular complexity index is 768. The lowest BCUT2D eigenvalue weighted by Gasteiger charge is -2.08. The van der Waals surface area contributed by atoms with E-state index in [0.29, 0.717) is 31.7 Å². The topological polar surface area (TPSA) is 101 Å². The molecule has 0 unspecified atom stereocenters. The van der Waals surface area contributed by atoms with Gasteiger partial charge in [0, 0.05) is 17.5 Å². The average Bonchev–Trinajstić information content (AvgIpc) is 3.12. The number of carbonyl (C=O) groups excluding carboxylic acids is 2. The first-order valence-corrected chi connectivity index (χ1v) is 7.97. The van der Waals surface area contributed by atoms with Gasteiger partial charge in [0.2, 0.25) is 0 Å². The van der Waals surface area contributed by atoms with Crippen molar-refractivity contribution in [3.8, 4) is 0 Å². The Morgan fingerprint density at radius 2 is 2.29 bits per heavy atom. The quantitative estimate of drug-likeness (QED) is 0.697. The van der Waals surface area contributed by atoms with Gasteiger partial charge in [0.05, 0.1) is 12.6 Å². The highest BCUT2D eigenvalue weighted by Crippen LogP contribution is 2.26. The van der Waals surface area contributed by atoms with Crippen molar-refractivity contribution in [3.63, 3.8) is 0 Å². The Morgan fingerprint density at radius 1 is 1.46 bits per heavy atom. The molecule has 1 saturated heterocycles. The summed E-state index contributed by atoms with van der Waals surface area (Å²) in [5.74, 6) is -0.421. The fourth-order valence-corrected chi connectivity index (χ4v) is 2.99. The minimum atomic E-state index is -0.421. The summed E-state index contributed by atoms with van der Waals surface area (Å²) in [6, 6.07) is 5.76. The van der Waals surface area contributed by atoms with Crippen LogP contribution in [-0.2, 0) is 22.3 Å². The standard InChI is InChI=1S/C17H20N2O5/c1-2-23-16(21)15-12(5-6-20)13-8-10(3-4-14(13)19-15)7-11-9-24-17(22)18-11/h3-4,8,11,19-20H,2,5-7,9H2,1H3,(H,18,22)/t11-/m0/s1. The third-order valence-corrected chi connectivity index (χ3v) is 4.03. The second-order valence-electron chi connectivity index (χ2n) is 5.70. The summed E-state index contributed by atoms with van der Waals surface area (Å²) in [5.41, 5.74) is 2.97. The summed E-state index contributed by atoms with van der Waals surface area (Å²) in [6.45, 7) is 2.33. The van der Waals surface area contributed by atoms with E-state index in [0.717, 1.165) is 22.0 Å². The van der Waals surface area contributed by atoms with E-state index >= 15 is 0 Å². The van der Waals surface area contributed by atoms with Crippen molar-refractivity contribution in [2.24, 2.45) is 0 Å². The van der Waals surface area contributed by atoms with Crippen LogP contribution in [0.1, 0.15) is 28.5 Å². The third-order valence-electron chi connectivity index (χ3n) is 4.03. The van der Waals surface area contributed by atoms with Crippen molar-refractivity contribution in [1.82, 2.24) is 10.3 Å². The third kappa shape index (κ3) is 3.21. The molecule has 1 aliphatic rings. The molecular formula is C17H20N2O5. The van der Waals surface area contributed by atoms with Gasteiger partial charge in [0.15, 0.2) is 0 Å². The van der Waals surface area contributed by atoms with Gasteiger partial charge in [0.25, 0.3) is 0 Å². The van der Waals surface area contributed by atoms with Gasteiger partial charge >= 0.3 is 12.1 Å². The van der Waals surface area contributed by atoms with Gasteiger partial charge in [-0.15, -0.1) is 0 Å². The molecule has 0 bridgehead atoms. The molecule has 128 valence electrons. The summed E-state index contributed by atoms with van der Waals surface area (Å²) in [6.07, 6.45) is 0.606. The normalized spacial score (nSPS) is 16.9. The Morgan fingerprint density at radius 3 is 2.96 bits per heavy atom. The molecule has 24 heavy (non-hydrogen) atoms. The zero-order valence-electron chi connectivity index (χ0n) is 13.4. The molecule has 1 aliphatic heterocycles. The van der Waals surface area contributed by atoms with Crippen LogP contribution in [0, 0.1) is 0 Å². The van der Waals surface area contributed by atoms with Gasteiger partial charge in [-0.1, -0.05) is 6.07 Å². The highest BCUT2D eigenvalue weighted by Gasteiger charge is 2.23. The molecule has 7 heteroatoms. The number of benzene rings is 1. The Labute approximate surface area is 138 Å². The number of fused-ring (bicyclic) bond motifs is 1. The molecule has 0 spiro atoms. The van der Waals surface area contributed by atoms with E-state index in [-0.39, 0.29) is 12.6 Å². The van der Waals surface area contributed by atoms with Crippen LogP contribution in [-0.4, -0.2) is 48.0 Å². The van der Waals surface area contributed by atoms with Crippen molar-refractivity contribution < 1.29 is 24.2 Å². The number of aliphatic hydroxyl groups is 1. The van der Waals surface area contributed by atoms with E-state index < -0.39 is 12.1 Å². The van der Waals surface area contributed by atoms with Crippen molar-refractivity contribution in [1.29, 1.82) is 0 Å². The van der Waals surface area contributed by atoms with Crippen LogP contribution >= 0.6 is 0 Å². The molecule has 1 atom stereocenters. The number of alkyl carbamates (subject to hydrolysis) is 1. The zero-order valence-corrected chi connectivity index (χ0v) is 13.4. The number of amides is 1. The monoisotopic (exact) mass is 332 g/mol. The fraction of sp³-hybridized carbons (Fsp3) is 0.412. The Kier molecular flexibility index (Phi) is 4.71. The number of ether oxygens (including phenoxy) is 2. The molecule has 2 aromatic rings. The maximum absolute atomic E-state index is 12.1. The molecule has 3 rings (SSSR count). The van der Waals surface area contributed by atoms with Gasteiger partial charge in [-0.05, 0) is 43.0 Å². The largest absolute Gasteiger partial charge is 0.461 e. The summed E-state index contributed by atoms with van der Waals surface area (Å²) in [7, 11) is 0. The Hall–Kier alpha value is -2.54. The van der Waals surface area contributed by atoms with Crippen LogP contribution in [0.2, 0.25) is 0 Å². The summed E-state index contributed by atoms with van der Waals surface area (Å²) >= 11 is 0. The SMILES string of the molecule is CCOC(=O)c1[nH]c2ccc(C[C@H]3COC(=O)N3)cc2c1CCO. The number of rotatable bonds is 6. The van der Waals surface area contributed by atoms with E-state index in [1.54, 1.807) is 6.92 Å². The van der Waals surface area contributed by atoms with Crippen LogP contribution in [0.4, 0.5) is 4.79 Å². The lowest BCUT2D eigenvalue weighted by molar-refractivity contribution is 0.0519. The second kappa shape index (κ2) is 6.92. The highest BCUT2D eigenvalue weighted by molar-refractivity contribution is 5.98. The molecule has 2 heterocycles. The number of aliphatic hydroxyl groups excluding tert-OH is 1. The van der Waals surface area contributed by atoms with E-state index in [2.05, 4.69) is 10.3 Å². The molecule has 1 aromatic heterocycles. The predicted octanol–water partition coefficient (Wildman–Crippen LogP) is 1.53. The summed E-state index contributed by atoms with van der Waals surface area (Å²) in [5, 5.41) is 13.0. The van der Waals surface area contributed by atoms with Gasteiger partial charge in [-0.3, -0.25) is 0 Å². The number of carbonyl (C=O) groups is 2. The van der Waals surface area contributed by atoms with Crippen molar-refractivity contribution in [2.45, 2.75) is 25.8 Å². The summed E-state index contributed by atoms with van der Waals surface area (Å²) in [4.78, 5) is 26.3. The predicted molar refractivity (Wildman–Crippen MR) is 87.0 cm³/mol. The molecule has 1 fully saturated rings. The zero-order chi connectivity index (χ0) is 17.1. The van der Waals surface area contributed by atoms with Crippen LogP contribution < -0.4 is 5.32 Å². The lowest BCUT2D eigenvalue weighted by atomic mass is 10.0. The molecule has 0 aliphatic carbocycles. The number of cyclic esters (lactones) is 1. The van der Waals surface area contributed by atoms with E-state index in [1.165, 1.54) is 0 Å². The molecule has 0 radical (unpaired) electrons. The lowest BCUT2D eigenvalue weighted by Crippen LogP contribution is -2.28. The van der Waals surface area contributed by atoms with Gasteiger partial charge < -0.3 is 24.9 Å². The number of aromatic amines is 1. The fourth-order valence-electron chi connectivity index (χ4n) is 2.99. The average molecular weight is 332 g/mol. The number of hydrogen-bond donors (Lipinski definition) is 3. The van der Waals surface area contributed by atoms with E-state index in [4.69, 9.17) is 9.47 Å². The van der Waals surface area contributed by atoms with Crippen LogP contribution in [0.25, 0.3) is 10.9 Å². The van der Waals surface area contributed by atoms with Crippen molar-refractivity contribution >= 4 is 23.0 Å². The molecular weight excluding hydrogens is 312 g/mol. The number of aromatic nitrogens is 1. The van der Waals surface area contributed by atoms with E-state index in [9.17, 15) is 14.7 Å². The van der Waals surface area contributed by atoms with Gasteiger partial charge in [-0.2, -0.15) is 0 Å².